The molecule has 2 N–H and O–H groups in total. The van der Waals surface area contributed by atoms with Gasteiger partial charge in [-0.1, -0.05) is 6.42 Å². The van der Waals surface area contributed by atoms with Crippen LogP contribution in [0.1, 0.15) is 41.8 Å². The molecule has 2 aromatic rings. The van der Waals surface area contributed by atoms with Gasteiger partial charge in [0.2, 0.25) is 0 Å². The fraction of sp³-hybridized carbons (Fsp3) is 0.650. The first-order valence-electron chi connectivity index (χ1n) is 9.73. The molecule has 0 saturated carbocycles. The Bertz CT molecular complexity index is 774. The second-order valence-corrected chi connectivity index (χ2v) is 7.53. The Hall–Kier alpha value is -1.59. The molecule has 0 radical (unpaired) electrons. The van der Waals surface area contributed by atoms with Crippen molar-refractivity contribution in [3.8, 4) is 0 Å². The highest BCUT2D eigenvalue weighted by Crippen LogP contribution is 2.35. The number of nitrogens with zero attached hydrogens (tertiary/aromatic N) is 3. The van der Waals surface area contributed by atoms with E-state index in [2.05, 4.69) is 23.3 Å². The number of hydrogen-bond acceptors (Lipinski definition) is 4. The van der Waals surface area contributed by atoms with E-state index in [4.69, 9.17) is 15.5 Å². The van der Waals surface area contributed by atoms with Crippen LogP contribution in [0.3, 0.4) is 0 Å². The van der Waals surface area contributed by atoms with E-state index in [0.29, 0.717) is 0 Å². The van der Waals surface area contributed by atoms with Crippen LogP contribution in [0.25, 0.3) is 11.0 Å². The zero-order valence-corrected chi connectivity index (χ0v) is 15.6. The van der Waals surface area contributed by atoms with Crippen molar-refractivity contribution in [1.29, 1.82) is 0 Å². The molecular formula is C20H30N4O. The van der Waals surface area contributed by atoms with Crippen LogP contribution in [0, 0.1) is 13.8 Å². The lowest BCUT2D eigenvalue weighted by atomic mass is 10.0. The fourth-order valence-electron chi connectivity index (χ4n) is 4.38. The first-order valence-corrected chi connectivity index (χ1v) is 9.73. The molecule has 0 spiro atoms. The van der Waals surface area contributed by atoms with E-state index in [9.17, 15) is 0 Å². The van der Waals surface area contributed by atoms with Gasteiger partial charge in [0, 0.05) is 48.6 Å². The summed E-state index contributed by atoms with van der Waals surface area (Å²) in [6.07, 6.45) is 5.91. The summed E-state index contributed by atoms with van der Waals surface area (Å²) < 4.78 is 7.85. The van der Waals surface area contributed by atoms with E-state index >= 15 is 0 Å². The molecule has 5 heteroatoms. The first-order chi connectivity index (χ1) is 12.2. The topological polar surface area (TPSA) is 56.3 Å². The number of nitrogen functional groups attached to an aromatic ring is 1. The summed E-state index contributed by atoms with van der Waals surface area (Å²) in [6.45, 7) is 10.2. The Kier molecular flexibility index (Phi) is 4.69. The molecule has 1 aliphatic carbocycles. The average Bonchev–Trinajstić information content (AvgIpc) is 2.79. The van der Waals surface area contributed by atoms with Gasteiger partial charge in [-0.2, -0.15) is 0 Å². The third-order valence-corrected chi connectivity index (χ3v) is 6.07. The van der Waals surface area contributed by atoms with Crippen LogP contribution in [-0.4, -0.2) is 47.3 Å². The summed E-state index contributed by atoms with van der Waals surface area (Å²) >= 11 is 0. The monoisotopic (exact) mass is 342 g/mol. The zero-order valence-electron chi connectivity index (χ0n) is 15.6. The predicted molar refractivity (Wildman–Crippen MR) is 102 cm³/mol. The largest absolute Gasteiger partial charge is 0.398 e. The number of pyridine rings is 1. The van der Waals surface area contributed by atoms with Crippen molar-refractivity contribution in [2.24, 2.45) is 0 Å². The third-order valence-electron chi connectivity index (χ3n) is 6.07. The summed E-state index contributed by atoms with van der Waals surface area (Å²) in [7, 11) is 0. The molecule has 0 bridgehead atoms. The summed E-state index contributed by atoms with van der Waals surface area (Å²) in [5.74, 6) is 0. The van der Waals surface area contributed by atoms with Gasteiger partial charge in [-0.15, -0.1) is 0 Å². The third kappa shape index (κ3) is 3.04. The molecule has 25 heavy (non-hydrogen) atoms. The molecule has 0 atom stereocenters. The Balaban J connectivity index is 1.72. The Labute approximate surface area is 150 Å². The van der Waals surface area contributed by atoms with Crippen LogP contribution < -0.4 is 5.73 Å². The van der Waals surface area contributed by atoms with Crippen LogP contribution in [0.2, 0.25) is 0 Å². The molecule has 5 nitrogen and oxygen atoms in total. The van der Waals surface area contributed by atoms with E-state index in [0.717, 1.165) is 63.6 Å². The number of ether oxygens (including phenoxy) is 1. The highest BCUT2D eigenvalue weighted by Gasteiger charge is 2.22. The zero-order chi connectivity index (χ0) is 17.4. The Morgan fingerprint density at radius 1 is 1.04 bits per heavy atom. The van der Waals surface area contributed by atoms with Crippen molar-refractivity contribution in [2.45, 2.75) is 52.5 Å². The molecule has 1 fully saturated rings. The van der Waals surface area contributed by atoms with E-state index in [-0.39, 0.29) is 0 Å². The highest BCUT2D eigenvalue weighted by atomic mass is 16.5. The maximum absolute atomic E-state index is 6.65. The van der Waals surface area contributed by atoms with Crippen LogP contribution >= 0.6 is 0 Å². The summed E-state index contributed by atoms with van der Waals surface area (Å²) in [4.78, 5) is 7.60. The lowest BCUT2D eigenvalue weighted by Crippen LogP contribution is -2.38. The number of morpholine rings is 1. The minimum atomic E-state index is 0.850. The number of fused-ring (bicyclic) bond motifs is 2. The smallest absolute Gasteiger partial charge is 0.142 e. The van der Waals surface area contributed by atoms with Gasteiger partial charge in [0.15, 0.2) is 0 Å². The quantitative estimate of drug-likeness (QED) is 0.872. The van der Waals surface area contributed by atoms with Crippen molar-refractivity contribution in [1.82, 2.24) is 14.5 Å². The number of nitrogens with two attached hydrogens (primary N) is 1. The minimum Gasteiger partial charge on any atom is -0.398 e. The molecule has 1 saturated heterocycles. The van der Waals surface area contributed by atoms with Crippen molar-refractivity contribution in [3.63, 3.8) is 0 Å². The number of hydrogen-bond donors (Lipinski definition) is 1. The van der Waals surface area contributed by atoms with Gasteiger partial charge in [0.05, 0.1) is 13.2 Å². The first kappa shape index (κ1) is 16.9. The fourth-order valence-corrected chi connectivity index (χ4v) is 4.38. The molecule has 4 rings (SSSR count). The molecule has 0 amide bonds. The van der Waals surface area contributed by atoms with E-state index in [1.54, 1.807) is 0 Å². The number of aromatic nitrogens is 2. The molecule has 0 unspecified atom stereocenters. The van der Waals surface area contributed by atoms with E-state index in [1.165, 1.54) is 47.2 Å². The van der Waals surface area contributed by atoms with Gasteiger partial charge in [0.1, 0.15) is 5.65 Å². The van der Waals surface area contributed by atoms with E-state index in [1.807, 2.05) is 0 Å². The maximum Gasteiger partial charge on any atom is 0.142 e. The molecule has 3 heterocycles. The van der Waals surface area contributed by atoms with Crippen molar-refractivity contribution in [2.75, 3.05) is 38.6 Å². The second-order valence-electron chi connectivity index (χ2n) is 7.53. The summed E-state index contributed by atoms with van der Waals surface area (Å²) in [5.41, 5.74) is 13.9. The highest BCUT2D eigenvalue weighted by molar-refractivity contribution is 5.95. The average molecular weight is 342 g/mol. The van der Waals surface area contributed by atoms with Gasteiger partial charge in [-0.3, -0.25) is 4.90 Å². The standard InChI is InChI=1S/C20H30N4O/c1-14-15(2)24(9-8-23-10-12-25-13-11-23)20-18(14)19(21)16-6-4-3-5-7-17(16)22-20/h3-13H2,1-2H3,(H2,21,22). The summed E-state index contributed by atoms with van der Waals surface area (Å²) in [6, 6.07) is 0. The summed E-state index contributed by atoms with van der Waals surface area (Å²) in [5, 5.41) is 1.19. The van der Waals surface area contributed by atoms with Crippen LogP contribution in [0.15, 0.2) is 0 Å². The van der Waals surface area contributed by atoms with Crippen molar-refractivity contribution < 1.29 is 4.74 Å². The Morgan fingerprint density at radius 3 is 2.60 bits per heavy atom. The molecule has 0 aromatic carbocycles. The van der Waals surface area contributed by atoms with Gasteiger partial charge in [-0.05, 0) is 50.7 Å². The number of anilines is 1. The van der Waals surface area contributed by atoms with Crippen LogP contribution in [0.4, 0.5) is 5.69 Å². The lowest BCUT2D eigenvalue weighted by Gasteiger charge is -2.27. The Morgan fingerprint density at radius 2 is 1.80 bits per heavy atom. The normalized spacial score (nSPS) is 19.1. The van der Waals surface area contributed by atoms with E-state index < -0.39 is 0 Å². The van der Waals surface area contributed by atoms with Crippen LogP contribution in [-0.2, 0) is 24.1 Å². The molecule has 2 aliphatic rings. The van der Waals surface area contributed by atoms with Crippen LogP contribution in [0.5, 0.6) is 0 Å². The SMILES string of the molecule is Cc1c(C)n(CCN2CCOCC2)c2nc3c(c(N)c12)CCCCC3. The second kappa shape index (κ2) is 6.96. The van der Waals surface area contributed by atoms with Gasteiger partial charge in [0.25, 0.3) is 0 Å². The number of aryl methyl sites for hydroxylation is 2. The van der Waals surface area contributed by atoms with Gasteiger partial charge >= 0.3 is 0 Å². The predicted octanol–water partition coefficient (Wildman–Crippen LogP) is 2.84. The molecule has 136 valence electrons. The molecule has 1 aliphatic heterocycles. The minimum absolute atomic E-state index is 0.850. The van der Waals surface area contributed by atoms with Crippen molar-refractivity contribution >= 4 is 16.7 Å². The maximum atomic E-state index is 6.65. The molecule has 2 aromatic heterocycles. The molecular weight excluding hydrogens is 312 g/mol. The van der Waals surface area contributed by atoms with Crippen molar-refractivity contribution in [3.05, 3.63) is 22.5 Å². The van der Waals surface area contributed by atoms with Gasteiger partial charge < -0.3 is 15.0 Å². The number of rotatable bonds is 3. The lowest BCUT2D eigenvalue weighted by molar-refractivity contribution is 0.0364. The van der Waals surface area contributed by atoms with Gasteiger partial charge in [-0.25, -0.2) is 4.98 Å².